The lowest BCUT2D eigenvalue weighted by Gasteiger charge is -2.32. The molecule has 0 radical (unpaired) electrons. The standard InChI is InChI=1S/C16H21N5O3/c1-11(22)18-5-4-12-3-2-6-20(9-12)15(23)14-7-13-8-17-10-21(13)16(24)19-14/h7-8,10,12H,2-6,9H2,1H3,(H,18,22)(H,19,24). The topological polar surface area (TPSA) is 99.6 Å². The highest BCUT2D eigenvalue weighted by atomic mass is 16.2. The summed E-state index contributed by atoms with van der Waals surface area (Å²) in [6.07, 6.45) is 5.79. The fraction of sp³-hybridized carbons (Fsp3) is 0.500. The van der Waals surface area contributed by atoms with Crippen molar-refractivity contribution in [3.63, 3.8) is 0 Å². The zero-order valence-electron chi connectivity index (χ0n) is 13.6. The number of nitrogens with zero attached hydrogens (tertiary/aromatic N) is 3. The molecule has 8 heteroatoms. The van der Waals surface area contributed by atoms with Crippen molar-refractivity contribution in [2.24, 2.45) is 5.92 Å². The molecule has 0 bridgehead atoms. The maximum Gasteiger partial charge on any atom is 0.331 e. The molecule has 8 nitrogen and oxygen atoms in total. The first-order valence-corrected chi connectivity index (χ1v) is 8.13. The number of nitrogens with one attached hydrogen (secondary N) is 2. The Bertz CT molecular complexity index is 809. The van der Waals surface area contributed by atoms with Gasteiger partial charge in [-0.1, -0.05) is 0 Å². The number of imidazole rings is 1. The van der Waals surface area contributed by atoms with Gasteiger partial charge in [0, 0.05) is 26.6 Å². The second-order valence-corrected chi connectivity index (χ2v) is 6.21. The molecule has 1 atom stereocenters. The van der Waals surface area contributed by atoms with Crippen LogP contribution in [0, 0.1) is 5.92 Å². The van der Waals surface area contributed by atoms with E-state index < -0.39 is 0 Å². The maximum atomic E-state index is 12.7. The predicted molar refractivity (Wildman–Crippen MR) is 87.7 cm³/mol. The van der Waals surface area contributed by atoms with E-state index in [9.17, 15) is 14.4 Å². The normalized spacial score (nSPS) is 17.9. The number of H-pyrrole nitrogens is 1. The first-order valence-electron chi connectivity index (χ1n) is 8.13. The number of carbonyl (C=O) groups is 2. The summed E-state index contributed by atoms with van der Waals surface area (Å²) in [6, 6.07) is 1.65. The van der Waals surface area contributed by atoms with E-state index in [2.05, 4.69) is 15.3 Å². The molecule has 24 heavy (non-hydrogen) atoms. The average molecular weight is 331 g/mol. The van der Waals surface area contributed by atoms with Crippen LogP contribution in [0.15, 0.2) is 23.4 Å². The van der Waals surface area contributed by atoms with Crippen molar-refractivity contribution < 1.29 is 9.59 Å². The molecule has 0 spiro atoms. The molecule has 1 unspecified atom stereocenters. The van der Waals surface area contributed by atoms with Crippen molar-refractivity contribution >= 4 is 17.3 Å². The van der Waals surface area contributed by atoms with Crippen LogP contribution in [-0.2, 0) is 4.79 Å². The predicted octanol–water partition coefficient (Wildman–Crippen LogP) is 0.401. The van der Waals surface area contributed by atoms with E-state index >= 15 is 0 Å². The average Bonchev–Trinajstić information content (AvgIpc) is 3.03. The number of aromatic amines is 1. The molecule has 2 aromatic heterocycles. The Balaban J connectivity index is 1.69. The summed E-state index contributed by atoms with van der Waals surface area (Å²) < 4.78 is 1.36. The molecule has 128 valence electrons. The molecule has 2 amide bonds. The second-order valence-electron chi connectivity index (χ2n) is 6.21. The van der Waals surface area contributed by atoms with E-state index in [1.54, 1.807) is 17.2 Å². The summed E-state index contributed by atoms with van der Waals surface area (Å²) in [4.78, 5) is 43.9. The molecule has 1 aliphatic rings. The summed E-state index contributed by atoms with van der Waals surface area (Å²) in [5, 5.41) is 2.79. The number of piperidine rings is 1. The summed E-state index contributed by atoms with van der Waals surface area (Å²) in [6.45, 7) is 3.45. The molecular formula is C16H21N5O3. The van der Waals surface area contributed by atoms with Gasteiger partial charge in [-0.15, -0.1) is 0 Å². The van der Waals surface area contributed by atoms with Crippen LogP contribution in [0.4, 0.5) is 0 Å². The zero-order valence-corrected chi connectivity index (χ0v) is 13.6. The van der Waals surface area contributed by atoms with E-state index in [0.29, 0.717) is 31.1 Å². The lowest BCUT2D eigenvalue weighted by molar-refractivity contribution is -0.119. The third kappa shape index (κ3) is 3.47. The first-order chi connectivity index (χ1) is 11.5. The van der Waals surface area contributed by atoms with Crippen LogP contribution >= 0.6 is 0 Å². The molecular weight excluding hydrogens is 310 g/mol. The quantitative estimate of drug-likeness (QED) is 0.847. The minimum atomic E-state index is -0.368. The van der Waals surface area contributed by atoms with Gasteiger partial charge < -0.3 is 15.2 Å². The van der Waals surface area contributed by atoms with Gasteiger partial charge in [-0.25, -0.2) is 9.78 Å². The lowest BCUT2D eigenvalue weighted by Crippen LogP contribution is -2.41. The van der Waals surface area contributed by atoms with Crippen LogP contribution in [0.25, 0.3) is 5.52 Å². The summed E-state index contributed by atoms with van der Waals surface area (Å²) in [5.74, 6) is 0.158. The van der Waals surface area contributed by atoms with Crippen LogP contribution < -0.4 is 11.0 Å². The third-order valence-electron chi connectivity index (χ3n) is 4.38. The van der Waals surface area contributed by atoms with E-state index in [1.165, 1.54) is 17.7 Å². The lowest BCUT2D eigenvalue weighted by atomic mass is 9.94. The summed E-state index contributed by atoms with van der Waals surface area (Å²) in [7, 11) is 0. The highest BCUT2D eigenvalue weighted by Gasteiger charge is 2.25. The van der Waals surface area contributed by atoms with Gasteiger partial charge in [0.2, 0.25) is 5.91 Å². The molecule has 2 N–H and O–H groups in total. The van der Waals surface area contributed by atoms with Gasteiger partial charge in [-0.2, -0.15) is 0 Å². The van der Waals surface area contributed by atoms with E-state index in [4.69, 9.17) is 0 Å². The van der Waals surface area contributed by atoms with Crippen molar-refractivity contribution in [2.45, 2.75) is 26.2 Å². The largest absolute Gasteiger partial charge is 0.356 e. The van der Waals surface area contributed by atoms with E-state index in [-0.39, 0.29) is 23.2 Å². The van der Waals surface area contributed by atoms with Crippen molar-refractivity contribution in [1.29, 1.82) is 0 Å². The molecule has 1 aliphatic heterocycles. The van der Waals surface area contributed by atoms with Crippen LogP contribution in [-0.4, -0.2) is 50.7 Å². The Morgan fingerprint density at radius 1 is 1.46 bits per heavy atom. The minimum absolute atomic E-state index is 0.0366. The van der Waals surface area contributed by atoms with Gasteiger partial charge >= 0.3 is 5.69 Å². The fourth-order valence-corrected chi connectivity index (χ4v) is 3.16. The zero-order chi connectivity index (χ0) is 17.1. The second kappa shape index (κ2) is 6.86. The SMILES string of the molecule is CC(=O)NCCC1CCCN(C(=O)c2cc3cncn3c(=O)[nH]2)C1. The highest BCUT2D eigenvalue weighted by Crippen LogP contribution is 2.20. The van der Waals surface area contributed by atoms with Crippen LogP contribution in [0.1, 0.15) is 36.7 Å². The molecule has 1 fully saturated rings. The number of hydrogen-bond donors (Lipinski definition) is 2. The number of likely N-dealkylation sites (tertiary alicyclic amines) is 1. The van der Waals surface area contributed by atoms with Gasteiger partial charge in [0.15, 0.2) is 0 Å². The Morgan fingerprint density at radius 3 is 3.08 bits per heavy atom. The molecule has 3 rings (SSSR count). The third-order valence-corrected chi connectivity index (χ3v) is 4.38. The summed E-state index contributed by atoms with van der Waals surface area (Å²) >= 11 is 0. The number of hydrogen-bond acceptors (Lipinski definition) is 4. The fourth-order valence-electron chi connectivity index (χ4n) is 3.16. The van der Waals surface area contributed by atoms with Crippen LogP contribution in [0.5, 0.6) is 0 Å². The Kier molecular flexibility index (Phi) is 4.64. The Hall–Kier alpha value is -2.64. The van der Waals surface area contributed by atoms with Gasteiger partial charge in [0.25, 0.3) is 5.91 Å². The monoisotopic (exact) mass is 331 g/mol. The van der Waals surface area contributed by atoms with Crippen LogP contribution in [0.2, 0.25) is 0 Å². The van der Waals surface area contributed by atoms with Gasteiger partial charge in [-0.05, 0) is 31.2 Å². The van der Waals surface area contributed by atoms with E-state index in [1.807, 2.05) is 0 Å². The number of carbonyl (C=O) groups excluding carboxylic acids is 2. The molecule has 0 aliphatic carbocycles. The number of fused-ring (bicyclic) bond motifs is 1. The van der Waals surface area contributed by atoms with Crippen molar-refractivity contribution in [3.05, 3.63) is 34.8 Å². The van der Waals surface area contributed by atoms with Crippen molar-refractivity contribution in [3.8, 4) is 0 Å². The molecule has 3 heterocycles. The smallest absolute Gasteiger partial charge is 0.331 e. The first kappa shape index (κ1) is 16.2. The van der Waals surface area contributed by atoms with Crippen molar-refractivity contribution in [1.82, 2.24) is 24.6 Å². The van der Waals surface area contributed by atoms with Gasteiger partial charge in [-0.3, -0.25) is 14.0 Å². The summed E-state index contributed by atoms with van der Waals surface area (Å²) in [5.41, 5.74) is 0.518. The Morgan fingerprint density at radius 2 is 2.29 bits per heavy atom. The molecule has 0 saturated carbocycles. The van der Waals surface area contributed by atoms with E-state index in [0.717, 1.165) is 19.3 Å². The maximum absolute atomic E-state index is 12.7. The number of aromatic nitrogens is 3. The molecule has 0 aromatic carbocycles. The Labute approximate surface area is 138 Å². The molecule has 1 saturated heterocycles. The van der Waals surface area contributed by atoms with Crippen molar-refractivity contribution in [2.75, 3.05) is 19.6 Å². The van der Waals surface area contributed by atoms with Crippen LogP contribution in [0.3, 0.4) is 0 Å². The highest BCUT2D eigenvalue weighted by molar-refractivity contribution is 5.93. The molecule has 2 aromatic rings. The number of amides is 2. The van der Waals surface area contributed by atoms with Gasteiger partial charge in [0.1, 0.15) is 12.0 Å². The number of rotatable bonds is 4. The minimum Gasteiger partial charge on any atom is -0.356 e. The van der Waals surface area contributed by atoms with Gasteiger partial charge in [0.05, 0.1) is 11.7 Å².